The van der Waals surface area contributed by atoms with Crippen molar-refractivity contribution in [1.82, 2.24) is 10.2 Å². The van der Waals surface area contributed by atoms with Gasteiger partial charge in [0.25, 0.3) is 0 Å². The van der Waals surface area contributed by atoms with Crippen LogP contribution in [-0.2, 0) is 11.3 Å². The van der Waals surface area contributed by atoms with Crippen molar-refractivity contribution in [3.63, 3.8) is 0 Å². The van der Waals surface area contributed by atoms with Crippen molar-refractivity contribution >= 4 is 5.82 Å². The summed E-state index contributed by atoms with van der Waals surface area (Å²) in [5, 5.41) is 6.40. The first-order valence-corrected chi connectivity index (χ1v) is 4.79. The Balaban J connectivity index is 2.38. The van der Waals surface area contributed by atoms with Gasteiger partial charge in [-0.05, 0) is 11.6 Å². The molecule has 84 valence electrons. The van der Waals surface area contributed by atoms with E-state index in [1.165, 1.54) is 13.2 Å². The number of H-pyrrole nitrogens is 1. The predicted molar refractivity (Wildman–Crippen MR) is 59.1 cm³/mol. The van der Waals surface area contributed by atoms with Gasteiger partial charge in [-0.1, -0.05) is 12.1 Å². The molecule has 0 bridgehead atoms. The van der Waals surface area contributed by atoms with Gasteiger partial charge in [0.2, 0.25) is 0 Å². The molecule has 1 heterocycles. The van der Waals surface area contributed by atoms with Gasteiger partial charge in [0.1, 0.15) is 11.6 Å². The van der Waals surface area contributed by atoms with E-state index in [1.807, 2.05) is 0 Å². The van der Waals surface area contributed by atoms with Gasteiger partial charge in [-0.15, -0.1) is 0 Å². The molecule has 5 heteroatoms. The average Bonchev–Trinajstić information content (AvgIpc) is 2.68. The third-order valence-corrected chi connectivity index (χ3v) is 2.33. The van der Waals surface area contributed by atoms with Gasteiger partial charge in [0.15, 0.2) is 0 Å². The molecule has 2 rings (SSSR count). The number of hydrogen-bond donors (Lipinski definition) is 2. The van der Waals surface area contributed by atoms with Crippen molar-refractivity contribution in [3.8, 4) is 11.1 Å². The second-order valence-corrected chi connectivity index (χ2v) is 3.44. The zero-order valence-electron chi connectivity index (χ0n) is 8.83. The van der Waals surface area contributed by atoms with Crippen molar-refractivity contribution in [2.75, 3.05) is 12.8 Å². The van der Waals surface area contributed by atoms with E-state index in [0.29, 0.717) is 22.5 Å². The highest BCUT2D eigenvalue weighted by atomic mass is 19.1. The van der Waals surface area contributed by atoms with Crippen molar-refractivity contribution < 1.29 is 9.13 Å². The lowest BCUT2D eigenvalue weighted by Crippen LogP contribution is -1.94. The maximum Gasteiger partial charge on any atom is 0.129 e. The normalized spacial score (nSPS) is 10.6. The summed E-state index contributed by atoms with van der Waals surface area (Å²) >= 11 is 0. The number of nitrogens with two attached hydrogens (primary N) is 1. The van der Waals surface area contributed by atoms with Crippen LogP contribution in [0, 0.1) is 5.82 Å². The zero-order chi connectivity index (χ0) is 11.5. The van der Waals surface area contributed by atoms with Gasteiger partial charge in [-0.25, -0.2) is 4.39 Å². The Labute approximate surface area is 92.2 Å². The molecule has 0 saturated carbocycles. The van der Waals surface area contributed by atoms with E-state index in [4.69, 9.17) is 10.5 Å². The minimum atomic E-state index is -0.306. The van der Waals surface area contributed by atoms with E-state index < -0.39 is 0 Å². The number of halogens is 1. The molecule has 0 spiro atoms. The Hall–Kier alpha value is -1.88. The summed E-state index contributed by atoms with van der Waals surface area (Å²) in [6.07, 6.45) is 1.57. The van der Waals surface area contributed by atoms with Gasteiger partial charge >= 0.3 is 0 Å². The number of nitrogen functional groups attached to an aromatic ring is 1. The van der Waals surface area contributed by atoms with Crippen molar-refractivity contribution in [1.29, 1.82) is 0 Å². The molecular weight excluding hydrogens is 209 g/mol. The SMILES string of the molecule is COCc1ccc(-c2cn[nH]c2N)cc1F. The number of hydrogen-bond acceptors (Lipinski definition) is 3. The van der Waals surface area contributed by atoms with Crippen LogP contribution in [0.1, 0.15) is 5.56 Å². The second kappa shape index (κ2) is 4.32. The zero-order valence-corrected chi connectivity index (χ0v) is 8.83. The molecule has 0 aliphatic heterocycles. The molecule has 0 unspecified atom stereocenters. The molecule has 0 atom stereocenters. The second-order valence-electron chi connectivity index (χ2n) is 3.44. The number of nitrogens with zero attached hydrogens (tertiary/aromatic N) is 1. The lowest BCUT2D eigenvalue weighted by molar-refractivity contribution is 0.181. The Kier molecular flexibility index (Phi) is 2.87. The molecule has 0 saturated heterocycles. The van der Waals surface area contributed by atoms with Crippen LogP contribution in [0.25, 0.3) is 11.1 Å². The number of methoxy groups -OCH3 is 1. The number of aromatic amines is 1. The van der Waals surface area contributed by atoms with Crippen LogP contribution in [0.2, 0.25) is 0 Å². The largest absolute Gasteiger partial charge is 0.384 e. The number of nitrogens with one attached hydrogen (secondary N) is 1. The van der Waals surface area contributed by atoms with Gasteiger partial charge in [-0.3, -0.25) is 5.10 Å². The molecule has 3 N–H and O–H groups in total. The monoisotopic (exact) mass is 221 g/mol. The van der Waals surface area contributed by atoms with E-state index in [0.717, 1.165) is 0 Å². The maximum atomic E-state index is 13.6. The summed E-state index contributed by atoms with van der Waals surface area (Å²) < 4.78 is 18.5. The fourth-order valence-corrected chi connectivity index (χ4v) is 1.51. The van der Waals surface area contributed by atoms with Crippen LogP contribution in [-0.4, -0.2) is 17.3 Å². The van der Waals surface area contributed by atoms with Gasteiger partial charge in [0, 0.05) is 18.2 Å². The van der Waals surface area contributed by atoms with Crippen molar-refractivity contribution in [2.45, 2.75) is 6.61 Å². The molecule has 1 aromatic carbocycles. The number of anilines is 1. The van der Waals surface area contributed by atoms with E-state index in [-0.39, 0.29) is 12.4 Å². The van der Waals surface area contributed by atoms with Gasteiger partial charge < -0.3 is 10.5 Å². The van der Waals surface area contributed by atoms with Crippen LogP contribution in [0.15, 0.2) is 24.4 Å². The maximum absolute atomic E-state index is 13.6. The Bertz CT molecular complexity index is 496. The summed E-state index contributed by atoms with van der Waals surface area (Å²) in [4.78, 5) is 0. The van der Waals surface area contributed by atoms with Crippen LogP contribution in [0.3, 0.4) is 0 Å². The molecule has 0 aliphatic carbocycles. The third-order valence-electron chi connectivity index (χ3n) is 2.33. The van der Waals surface area contributed by atoms with Crippen LogP contribution in [0.5, 0.6) is 0 Å². The highest BCUT2D eigenvalue weighted by Crippen LogP contribution is 2.25. The highest BCUT2D eigenvalue weighted by Gasteiger charge is 2.08. The fraction of sp³-hybridized carbons (Fsp3) is 0.182. The van der Waals surface area contributed by atoms with Crippen LogP contribution >= 0.6 is 0 Å². The Morgan fingerprint density at radius 2 is 2.31 bits per heavy atom. The molecule has 0 amide bonds. The average molecular weight is 221 g/mol. The van der Waals surface area contributed by atoms with Crippen LogP contribution < -0.4 is 5.73 Å². The topological polar surface area (TPSA) is 63.9 Å². The first kappa shape index (κ1) is 10.6. The number of aromatic nitrogens is 2. The molecule has 0 radical (unpaired) electrons. The standard InChI is InChI=1S/C11H12FN3O/c1-16-6-8-3-2-7(4-10(8)12)9-5-14-15-11(9)13/h2-5H,6H2,1H3,(H3,13,14,15). The van der Waals surface area contributed by atoms with E-state index in [9.17, 15) is 4.39 Å². The van der Waals surface area contributed by atoms with E-state index in [1.54, 1.807) is 18.3 Å². The first-order chi connectivity index (χ1) is 7.72. The minimum Gasteiger partial charge on any atom is -0.384 e. The summed E-state index contributed by atoms with van der Waals surface area (Å²) in [5.41, 5.74) is 7.57. The molecule has 0 aliphatic rings. The number of ether oxygens (including phenoxy) is 1. The molecule has 2 aromatic rings. The quantitative estimate of drug-likeness (QED) is 0.832. The summed E-state index contributed by atoms with van der Waals surface area (Å²) in [7, 11) is 1.53. The Morgan fingerprint density at radius 1 is 1.50 bits per heavy atom. The Morgan fingerprint density at radius 3 is 2.88 bits per heavy atom. The summed E-state index contributed by atoms with van der Waals surface area (Å²) in [5.74, 6) is 0.124. The van der Waals surface area contributed by atoms with Gasteiger partial charge in [-0.2, -0.15) is 5.10 Å². The molecule has 1 aromatic heterocycles. The number of benzene rings is 1. The molecule has 4 nitrogen and oxygen atoms in total. The first-order valence-electron chi connectivity index (χ1n) is 4.79. The molecule has 0 fully saturated rings. The van der Waals surface area contributed by atoms with Gasteiger partial charge in [0.05, 0.1) is 12.8 Å². The lowest BCUT2D eigenvalue weighted by atomic mass is 10.1. The molecule has 16 heavy (non-hydrogen) atoms. The van der Waals surface area contributed by atoms with E-state index >= 15 is 0 Å². The number of rotatable bonds is 3. The highest BCUT2D eigenvalue weighted by molar-refractivity contribution is 5.73. The smallest absolute Gasteiger partial charge is 0.129 e. The van der Waals surface area contributed by atoms with Crippen LogP contribution in [0.4, 0.5) is 10.2 Å². The summed E-state index contributed by atoms with van der Waals surface area (Å²) in [6, 6.07) is 4.90. The fourth-order valence-electron chi connectivity index (χ4n) is 1.51. The predicted octanol–water partition coefficient (Wildman–Crippen LogP) is 1.94. The summed E-state index contributed by atoms with van der Waals surface area (Å²) in [6.45, 7) is 0.257. The van der Waals surface area contributed by atoms with Crippen molar-refractivity contribution in [3.05, 3.63) is 35.8 Å². The third kappa shape index (κ3) is 1.90. The minimum absolute atomic E-state index is 0.257. The van der Waals surface area contributed by atoms with E-state index in [2.05, 4.69) is 10.2 Å². The lowest BCUT2D eigenvalue weighted by Gasteiger charge is -2.04. The molecular formula is C11H12FN3O. The van der Waals surface area contributed by atoms with Crippen molar-refractivity contribution in [2.24, 2.45) is 0 Å².